The summed E-state index contributed by atoms with van der Waals surface area (Å²) in [5, 5.41) is 0. The summed E-state index contributed by atoms with van der Waals surface area (Å²) in [6.45, 7) is 3.50. The summed E-state index contributed by atoms with van der Waals surface area (Å²) in [5.41, 5.74) is 8.35. The Balaban J connectivity index is 2.21. The number of ketones is 1. The van der Waals surface area contributed by atoms with Gasteiger partial charge in [-0.1, -0.05) is 0 Å². The van der Waals surface area contributed by atoms with Gasteiger partial charge in [0.2, 0.25) is 0 Å². The van der Waals surface area contributed by atoms with Crippen molar-refractivity contribution in [2.45, 2.75) is 44.2 Å². The predicted molar refractivity (Wildman–Crippen MR) is 54.2 cm³/mol. The molecule has 0 aromatic rings. The largest absolute Gasteiger partial charge is 0.361 e. The van der Waals surface area contributed by atoms with Gasteiger partial charge in [0.1, 0.15) is 12.2 Å². The fourth-order valence-electron chi connectivity index (χ4n) is 2.11. The second-order valence-electron chi connectivity index (χ2n) is 4.37. The summed E-state index contributed by atoms with van der Waals surface area (Å²) in [7, 11) is 1.46. The van der Waals surface area contributed by atoms with Gasteiger partial charge in [-0.15, -0.1) is 0 Å². The van der Waals surface area contributed by atoms with Gasteiger partial charge in [-0.25, -0.2) is 0 Å². The molecule has 2 aliphatic heterocycles. The topological polar surface area (TPSA) is 90.4 Å². The second-order valence-corrected chi connectivity index (χ2v) is 4.37. The first-order valence-electron chi connectivity index (χ1n) is 5.23. The average molecular weight is 242 g/mol. The Hall–Kier alpha value is -1.11. The Morgan fingerprint density at radius 3 is 2.65 bits per heavy atom. The minimum atomic E-state index is -0.873. The smallest absolute Gasteiger partial charge is 0.326 e. The van der Waals surface area contributed by atoms with Crippen LogP contribution in [-0.4, -0.2) is 54.3 Å². The summed E-state index contributed by atoms with van der Waals surface area (Å²) in [5.74, 6) is -1.27. The Kier molecular flexibility index (Phi) is 3.11. The van der Waals surface area contributed by atoms with Crippen molar-refractivity contribution in [1.82, 2.24) is 0 Å². The van der Waals surface area contributed by atoms with E-state index in [2.05, 4.69) is 4.79 Å². The highest BCUT2D eigenvalue weighted by atomic mass is 16.8. The zero-order valence-electron chi connectivity index (χ0n) is 9.82. The quantitative estimate of drug-likeness (QED) is 0.386. The van der Waals surface area contributed by atoms with Gasteiger partial charge < -0.3 is 24.5 Å². The maximum Gasteiger partial charge on any atom is 0.326 e. The predicted octanol–water partition coefficient (Wildman–Crippen LogP) is -0.253. The standard InChI is InChI=1S/C10H14N2O5/c1-10(2)16-7-6(5(13)4-12-11)15-9(14-3)8(7)17-10/h4,6-9H,1-3H3/t6-,7-,8-,9-/m1/s1. The third-order valence-corrected chi connectivity index (χ3v) is 2.71. The van der Waals surface area contributed by atoms with Crippen molar-refractivity contribution < 1.29 is 28.5 Å². The van der Waals surface area contributed by atoms with Crippen molar-refractivity contribution in [3.8, 4) is 0 Å². The molecular formula is C10H14N2O5. The van der Waals surface area contributed by atoms with Crippen LogP contribution in [0.15, 0.2) is 0 Å². The van der Waals surface area contributed by atoms with Gasteiger partial charge in [-0.05, 0) is 13.8 Å². The molecule has 0 aliphatic carbocycles. The van der Waals surface area contributed by atoms with Gasteiger partial charge in [-0.3, -0.25) is 4.79 Å². The minimum absolute atomic E-state index is 0.462. The fraction of sp³-hybridized carbons (Fsp3) is 0.800. The monoisotopic (exact) mass is 242 g/mol. The second kappa shape index (κ2) is 4.29. The van der Waals surface area contributed by atoms with E-state index in [1.54, 1.807) is 13.8 Å². The van der Waals surface area contributed by atoms with Crippen LogP contribution in [0.4, 0.5) is 0 Å². The lowest BCUT2D eigenvalue weighted by molar-refractivity contribution is -0.224. The van der Waals surface area contributed by atoms with E-state index in [0.29, 0.717) is 0 Å². The average Bonchev–Trinajstić information content (AvgIpc) is 2.71. The Labute approximate surface area is 98.2 Å². The minimum Gasteiger partial charge on any atom is -0.361 e. The van der Waals surface area contributed by atoms with Crippen molar-refractivity contribution in [2.75, 3.05) is 7.11 Å². The van der Waals surface area contributed by atoms with Crippen LogP contribution in [0.5, 0.6) is 0 Å². The number of Topliss-reactive ketones (excluding diaryl/α,β-unsaturated/α-hetero) is 1. The van der Waals surface area contributed by atoms with Gasteiger partial charge in [0.15, 0.2) is 18.2 Å². The van der Waals surface area contributed by atoms with E-state index in [1.807, 2.05) is 0 Å². The van der Waals surface area contributed by atoms with E-state index in [9.17, 15) is 4.79 Å². The zero-order valence-corrected chi connectivity index (χ0v) is 9.82. The molecule has 0 amide bonds. The van der Waals surface area contributed by atoms with E-state index in [4.69, 9.17) is 24.5 Å². The summed E-state index contributed by atoms with van der Waals surface area (Å²) >= 11 is 0. The lowest BCUT2D eigenvalue weighted by Crippen LogP contribution is -2.36. The number of nitrogens with zero attached hydrogens (tertiary/aromatic N) is 2. The third kappa shape index (κ3) is 2.15. The van der Waals surface area contributed by atoms with E-state index >= 15 is 0 Å². The number of hydrogen-bond acceptors (Lipinski definition) is 5. The number of methoxy groups -OCH3 is 1. The van der Waals surface area contributed by atoms with E-state index in [-0.39, 0.29) is 0 Å². The summed E-state index contributed by atoms with van der Waals surface area (Å²) in [4.78, 5) is 14.3. The van der Waals surface area contributed by atoms with Crippen LogP contribution >= 0.6 is 0 Å². The lowest BCUT2D eigenvalue weighted by Gasteiger charge is -2.22. The maximum atomic E-state index is 11.6. The van der Waals surface area contributed by atoms with Crippen molar-refractivity contribution >= 4 is 12.0 Å². The van der Waals surface area contributed by atoms with Crippen LogP contribution in [0.2, 0.25) is 0 Å². The summed E-state index contributed by atoms with van der Waals surface area (Å²) in [6, 6.07) is 0. The number of carbonyl (C=O) groups is 1. The molecule has 17 heavy (non-hydrogen) atoms. The Morgan fingerprint density at radius 1 is 1.41 bits per heavy atom. The normalized spacial score (nSPS) is 38.5. The molecule has 0 spiro atoms. The van der Waals surface area contributed by atoms with Gasteiger partial charge in [0.05, 0.1) is 0 Å². The SMILES string of the molecule is CO[C@@H]1O[C@H](C(=O)C=[N+]=[N-])[C@H]2OC(C)(C)O[C@@H]12. The first kappa shape index (κ1) is 12.3. The molecule has 2 heterocycles. The van der Waals surface area contributed by atoms with Gasteiger partial charge >= 0.3 is 6.21 Å². The molecule has 4 atom stereocenters. The van der Waals surface area contributed by atoms with Crippen molar-refractivity contribution in [3.63, 3.8) is 0 Å². The van der Waals surface area contributed by atoms with Crippen LogP contribution in [0, 0.1) is 0 Å². The van der Waals surface area contributed by atoms with Gasteiger partial charge in [-0.2, -0.15) is 4.79 Å². The van der Waals surface area contributed by atoms with Crippen molar-refractivity contribution in [1.29, 1.82) is 0 Å². The van der Waals surface area contributed by atoms with Crippen LogP contribution in [-0.2, 0) is 23.7 Å². The molecule has 7 nitrogen and oxygen atoms in total. The van der Waals surface area contributed by atoms with Gasteiger partial charge in [0.25, 0.3) is 5.78 Å². The van der Waals surface area contributed by atoms with Crippen LogP contribution < -0.4 is 0 Å². The molecule has 0 radical (unpaired) electrons. The fourth-order valence-corrected chi connectivity index (χ4v) is 2.11. The third-order valence-electron chi connectivity index (χ3n) is 2.71. The molecule has 0 aromatic heterocycles. The lowest BCUT2D eigenvalue weighted by atomic mass is 10.1. The van der Waals surface area contributed by atoms with Crippen LogP contribution in [0.3, 0.4) is 0 Å². The number of rotatable bonds is 3. The number of carbonyl (C=O) groups excluding carboxylic acids is 1. The van der Waals surface area contributed by atoms with Crippen molar-refractivity contribution in [3.05, 3.63) is 5.53 Å². The molecule has 0 unspecified atom stereocenters. The van der Waals surface area contributed by atoms with E-state index in [1.165, 1.54) is 7.11 Å². The molecule has 7 heteroatoms. The number of fused-ring (bicyclic) bond motifs is 1. The molecule has 0 bridgehead atoms. The summed E-state index contributed by atoms with van der Waals surface area (Å²) in [6.07, 6.45) is -1.77. The molecule has 2 fully saturated rings. The molecule has 2 saturated heterocycles. The number of ether oxygens (including phenoxy) is 4. The molecule has 0 saturated carbocycles. The first-order chi connectivity index (χ1) is 7.98. The molecule has 94 valence electrons. The van der Waals surface area contributed by atoms with E-state index < -0.39 is 36.2 Å². The van der Waals surface area contributed by atoms with E-state index in [0.717, 1.165) is 6.21 Å². The van der Waals surface area contributed by atoms with Crippen LogP contribution in [0.25, 0.3) is 5.53 Å². The highest BCUT2D eigenvalue weighted by Gasteiger charge is 2.57. The zero-order chi connectivity index (χ0) is 12.6. The highest BCUT2D eigenvalue weighted by Crippen LogP contribution is 2.38. The maximum absolute atomic E-state index is 11.6. The highest BCUT2D eigenvalue weighted by molar-refractivity contribution is 6.27. The van der Waals surface area contributed by atoms with Gasteiger partial charge in [0, 0.05) is 7.11 Å². The Morgan fingerprint density at radius 2 is 2.06 bits per heavy atom. The molecule has 0 aromatic carbocycles. The molecular weight excluding hydrogens is 228 g/mol. The Bertz CT molecular complexity index is 377. The molecule has 2 aliphatic rings. The molecule has 0 N–H and O–H groups in total. The first-order valence-corrected chi connectivity index (χ1v) is 5.23. The molecule has 2 rings (SSSR count). The van der Waals surface area contributed by atoms with Crippen LogP contribution in [0.1, 0.15) is 13.8 Å². The van der Waals surface area contributed by atoms with Crippen molar-refractivity contribution in [2.24, 2.45) is 0 Å². The number of hydrogen-bond donors (Lipinski definition) is 0. The summed E-state index contributed by atoms with van der Waals surface area (Å²) < 4.78 is 21.6.